The summed E-state index contributed by atoms with van der Waals surface area (Å²) in [6.45, 7) is 3.77. The molecule has 0 atom stereocenters. The van der Waals surface area contributed by atoms with E-state index < -0.39 is 0 Å². The second kappa shape index (κ2) is 6.98. The van der Waals surface area contributed by atoms with Crippen molar-refractivity contribution in [3.63, 3.8) is 0 Å². The van der Waals surface area contributed by atoms with Crippen LogP contribution < -0.4 is 10.1 Å². The molecule has 0 spiro atoms. The summed E-state index contributed by atoms with van der Waals surface area (Å²) in [6.07, 6.45) is 0. The molecule has 0 aliphatic carbocycles. The van der Waals surface area contributed by atoms with E-state index in [0.717, 1.165) is 35.5 Å². The fourth-order valence-corrected chi connectivity index (χ4v) is 2.33. The normalized spacial score (nSPS) is 10.6. The summed E-state index contributed by atoms with van der Waals surface area (Å²) in [5, 5.41) is 4.44. The van der Waals surface area contributed by atoms with Gasteiger partial charge in [0.2, 0.25) is 0 Å². The van der Waals surface area contributed by atoms with Gasteiger partial charge in [0.15, 0.2) is 0 Å². The molecule has 0 amide bonds. The third-order valence-electron chi connectivity index (χ3n) is 3.10. The number of methoxy groups -OCH3 is 1. The number of hydrogen-bond acceptors (Lipinski definition) is 2. The zero-order valence-electron chi connectivity index (χ0n) is 11.5. The molecule has 20 heavy (non-hydrogen) atoms. The molecule has 0 aliphatic heterocycles. The average Bonchev–Trinajstić information content (AvgIpc) is 2.47. The van der Waals surface area contributed by atoms with Gasteiger partial charge in [-0.05, 0) is 41.9 Å². The second-order valence-electron chi connectivity index (χ2n) is 4.44. The highest BCUT2D eigenvalue weighted by Gasteiger charge is 2.07. The van der Waals surface area contributed by atoms with Gasteiger partial charge in [-0.15, -0.1) is 0 Å². The summed E-state index contributed by atoms with van der Waals surface area (Å²) in [6, 6.07) is 11.8. The molecule has 0 aromatic heterocycles. The van der Waals surface area contributed by atoms with Gasteiger partial charge < -0.3 is 10.1 Å². The van der Waals surface area contributed by atoms with E-state index in [-0.39, 0.29) is 0 Å². The number of nitrogens with one attached hydrogen (secondary N) is 1. The van der Waals surface area contributed by atoms with Crippen LogP contribution in [0.5, 0.6) is 5.75 Å². The number of halogens is 2. The molecule has 2 aromatic rings. The Hall–Kier alpha value is -1.22. The Morgan fingerprint density at radius 3 is 2.35 bits per heavy atom. The minimum atomic E-state index is 0.563. The Morgan fingerprint density at radius 1 is 1.00 bits per heavy atom. The Kier molecular flexibility index (Phi) is 5.30. The minimum Gasteiger partial charge on any atom is -0.496 e. The molecule has 0 heterocycles. The van der Waals surface area contributed by atoms with E-state index >= 15 is 0 Å². The summed E-state index contributed by atoms with van der Waals surface area (Å²) >= 11 is 12.0. The lowest BCUT2D eigenvalue weighted by atomic mass is 10.0. The van der Waals surface area contributed by atoms with Crippen LogP contribution in [0.4, 0.5) is 0 Å². The van der Waals surface area contributed by atoms with E-state index in [1.807, 2.05) is 30.3 Å². The monoisotopic (exact) mass is 309 g/mol. The van der Waals surface area contributed by atoms with Gasteiger partial charge in [0, 0.05) is 12.1 Å². The molecule has 0 radical (unpaired) electrons. The van der Waals surface area contributed by atoms with E-state index in [4.69, 9.17) is 27.9 Å². The molecular weight excluding hydrogens is 293 g/mol. The highest BCUT2D eigenvalue weighted by Crippen LogP contribution is 2.31. The van der Waals surface area contributed by atoms with Crippen molar-refractivity contribution in [1.29, 1.82) is 0 Å². The Balaban J connectivity index is 2.38. The molecule has 1 N–H and O–H groups in total. The molecule has 0 fully saturated rings. The molecule has 2 rings (SSSR count). The number of hydrogen-bond donors (Lipinski definition) is 1. The predicted octanol–water partition coefficient (Wildman–Crippen LogP) is 4.78. The lowest BCUT2D eigenvalue weighted by molar-refractivity contribution is 0.408. The van der Waals surface area contributed by atoms with Crippen molar-refractivity contribution in [2.45, 2.75) is 13.5 Å². The zero-order valence-corrected chi connectivity index (χ0v) is 13.1. The molecule has 2 nitrogen and oxygen atoms in total. The van der Waals surface area contributed by atoms with E-state index in [9.17, 15) is 0 Å². The summed E-state index contributed by atoms with van der Waals surface area (Å²) in [4.78, 5) is 0. The predicted molar refractivity (Wildman–Crippen MR) is 85.8 cm³/mol. The number of rotatable bonds is 5. The Labute approximate surface area is 129 Å². The lowest BCUT2D eigenvalue weighted by Gasteiger charge is -2.12. The smallest absolute Gasteiger partial charge is 0.123 e. The topological polar surface area (TPSA) is 21.3 Å². The van der Waals surface area contributed by atoms with Crippen molar-refractivity contribution in [3.8, 4) is 16.9 Å². The van der Waals surface area contributed by atoms with Gasteiger partial charge >= 0.3 is 0 Å². The summed E-state index contributed by atoms with van der Waals surface area (Å²) in [5.41, 5.74) is 3.26. The molecule has 0 bridgehead atoms. The van der Waals surface area contributed by atoms with Crippen LogP contribution in [0.3, 0.4) is 0 Å². The first-order valence-electron chi connectivity index (χ1n) is 6.48. The Morgan fingerprint density at radius 2 is 1.70 bits per heavy atom. The van der Waals surface area contributed by atoms with Gasteiger partial charge in [0.25, 0.3) is 0 Å². The standard InChI is InChI=1S/C16H17Cl2NO/c1-3-19-10-13-8-11(5-7-16(13)20-2)12-4-6-14(17)15(18)9-12/h4-9,19H,3,10H2,1-2H3. The third-order valence-corrected chi connectivity index (χ3v) is 3.84. The molecule has 4 heteroatoms. The van der Waals surface area contributed by atoms with Crippen LogP contribution in [-0.4, -0.2) is 13.7 Å². The van der Waals surface area contributed by atoms with Gasteiger partial charge in [-0.2, -0.15) is 0 Å². The molecule has 0 unspecified atom stereocenters. The maximum absolute atomic E-state index is 6.08. The third kappa shape index (κ3) is 3.45. The van der Waals surface area contributed by atoms with Crippen LogP contribution in [0.15, 0.2) is 36.4 Å². The van der Waals surface area contributed by atoms with Gasteiger partial charge in [-0.25, -0.2) is 0 Å². The van der Waals surface area contributed by atoms with Gasteiger partial charge in [0.05, 0.1) is 17.2 Å². The van der Waals surface area contributed by atoms with Crippen molar-refractivity contribution in [2.24, 2.45) is 0 Å². The van der Waals surface area contributed by atoms with Crippen molar-refractivity contribution in [2.75, 3.05) is 13.7 Å². The van der Waals surface area contributed by atoms with Gasteiger partial charge in [-0.3, -0.25) is 0 Å². The van der Waals surface area contributed by atoms with Crippen molar-refractivity contribution >= 4 is 23.2 Å². The minimum absolute atomic E-state index is 0.563. The highest BCUT2D eigenvalue weighted by atomic mass is 35.5. The van der Waals surface area contributed by atoms with E-state index in [1.54, 1.807) is 7.11 Å². The number of ether oxygens (including phenoxy) is 1. The average molecular weight is 310 g/mol. The van der Waals surface area contributed by atoms with Crippen LogP contribution in [0, 0.1) is 0 Å². The van der Waals surface area contributed by atoms with Crippen LogP contribution in [-0.2, 0) is 6.54 Å². The molecule has 2 aromatic carbocycles. The first-order chi connectivity index (χ1) is 9.65. The maximum atomic E-state index is 6.08. The van der Waals surface area contributed by atoms with Crippen molar-refractivity contribution in [3.05, 3.63) is 52.0 Å². The molecule has 0 aliphatic rings. The molecule has 0 saturated carbocycles. The van der Waals surface area contributed by atoms with Crippen LogP contribution in [0.25, 0.3) is 11.1 Å². The molecule has 106 valence electrons. The van der Waals surface area contributed by atoms with Gasteiger partial charge in [0.1, 0.15) is 5.75 Å². The fraction of sp³-hybridized carbons (Fsp3) is 0.250. The zero-order chi connectivity index (χ0) is 14.5. The lowest BCUT2D eigenvalue weighted by Crippen LogP contribution is -2.12. The Bertz CT molecular complexity index is 599. The van der Waals surface area contributed by atoms with Crippen molar-refractivity contribution in [1.82, 2.24) is 5.32 Å². The van der Waals surface area contributed by atoms with Crippen LogP contribution in [0.2, 0.25) is 10.0 Å². The summed E-state index contributed by atoms with van der Waals surface area (Å²) in [7, 11) is 1.68. The van der Waals surface area contributed by atoms with E-state index in [1.165, 1.54) is 0 Å². The highest BCUT2D eigenvalue weighted by molar-refractivity contribution is 6.42. The van der Waals surface area contributed by atoms with Crippen LogP contribution >= 0.6 is 23.2 Å². The van der Waals surface area contributed by atoms with Crippen LogP contribution in [0.1, 0.15) is 12.5 Å². The fourth-order valence-electron chi connectivity index (χ4n) is 2.03. The molecular formula is C16H17Cl2NO. The maximum Gasteiger partial charge on any atom is 0.123 e. The number of benzene rings is 2. The first-order valence-corrected chi connectivity index (χ1v) is 7.24. The largest absolute Gasteiger partial charge is 0.496 e. The first kappa shape index (κ1) is 15.2. The molecule has 0 saturated heterocycles. The van der Waals surface area contributed by atoms with Crippen molar-refractivity contribution < 1.29 is 4.74 Å². The van der Waals surface area contributed by atoms with Gasteiger partial charge in [-0.1, -0.05) is 42.3 Å². The summed E-state index contributed by atoms with van der Waals surface area (Å²) in [5.74, 6) is 0.884. The van der Waals surface area contributed by atoms with E-state index in [2.05, 4.69) is 18.3 Å². The SMILES string of the molecule is CCNCc1cc(-c2ccc(Cl)c(Cl)c2)ccc1OC. The second-order valence-corrected chi connectivity index (χ2v) is 5.25. The van der Waals surface area contributed by atoms with E-state index in [0.29, 0.717) is 10.0 Å². The quantitative estimate of drug-likeness (QED) is 0.858. The summed E-state index contributed by atoms with van der Waals surface area (Å²) < 4.78 is 5.39.